The van der Waals surface area contributed by atoms with Crippen molar-refractivity contribution in [1.82, 2.24) is 9.88 Å². The van der Waals surface area contributed by atoms with Crippen LogP contribution in [0, 0.1) is 0 Å². The Bertz CT molecular complexity index is 295. The van der Waals surface area contributed by atoms with Gasteiger partial charge in [-0.1, -0.05) is 0 Å². The minimum Gasteiger partial charge on any atom is -0.481 e. The molecule has 1 saturated heterocycles. The zero-order chi connectivity index (χ0) is 9.26. The molecule has 0 radical (unpaired) electrons. The van der Waals surface area contributed by atoms with Crippen LogP contribution in [0.4, 0.5) is 0 Å². The standard InChI is InChI=1S/C10H14N2O/c1-12-6-9(7-12)8-3-4-11-10(5-8)13-2/h3-5,9H,6-7H2,1-2H3. The van der Waals surface area contributed by atoms with Crippen molar-refractivity contribution in [2.24, 2.45) is 0 Å². The first-order valence-corrected chi connectivity index (χ1v) is 4.48. The molecule has 0 bridgehead atoms. The summed E-state index contributed by atoms with van der Waals surface area (Å²) >= 11 is 0. The average molecular weight is 178 g/mol. The van der Waals surface area contributed by atoms with E-state index in [1.54, 1.807) is 7.11 Å². The Morgan fingerprint density at radius 3 is 2.92 bits per heavy atom. The number of hydrogen-bond acceptors (Lipinski definition) is 3. The maximum atomic E-state index is 5.08. The number of aromatic nitrogens is 1. The highest BCUT2D eigenvalue weighted by molar-refractivity contribution is 5.26. The zero-order valence-electron chi connectivity index (χ0n) is 8.03. The lowest BCUT2D eigenvalue weighted by Gasteiger charge is -2.36. The van der Waals surface area contributed by atoms with E-state index in [0.717, 1.165) is 13.1 Å². The minimum absolute atomic E-state index is 0.668. The Balaban J connectivity index is 2.12. The van der Waals surface area contributed by atoms with Crippen molar-refractivity contribution in [1.29, 1.82) is 0 Å². The molecule has 1 aromatic heterocycles. The summed E-state index contributed by atoms with van der Waals surface area (Å²) < 4.78 is 5.08. The number of nitrogens with zero attached hydrogens (tertiary/aromatic N) is 2. The second-order valence-corrected chi connectivity index (χ2v) is 3.55. The van der Waals surface area contributed by atoms with Crippen LogP contribution in [0.15, 0.2) is 18.3 Å². The lowest BCUT2D eigenvalue weighted by molar-refractivity contribution is 0.189. The molecule has 1 aliphatic rings. The Hall–Kier alpha value is -1.09. The van der Waals surface area contributed by atoms with Crippen LogP contribution in [0.5, 0.6) is 5.88 Å². The highest BCUT2D eigenvalue weighted by Crippen LogP contribution is 2.26. The monoisotopic (exact) mass is 178 g/mol. The molecule has 13 heavy (non-hydrogen) atoms. The van der Waals surface area contributed by atoms with Crippen LogP contribution in [-0.2, 0) is 0 Å². The molecule has 0 saturated carbocycles. The molecule has 0 N–H and O–H groups in total. The molecule has 0 atom stereocenters. The van der Waals surface area contributed by atoms with Crippen LogP contribution in [0.3, 0.4) is 0 Å². The van der Waals surface area contributed by atoms with Gasteiger partial charge >= 0.3 is 0 Å². The summed E-state index contributed by atoms with van der Waals surface area (Å²) in [6, 6.07) is 4.10. The van der Waals surface area contributed by atoms with E-state index >= 15 is 0 Å². The number of likely N-dealkylation sites (N-methyl/N-ethyl adjacent to an activating group) is 1. The molecule has 2 heterocycles. The fourth-order valence-corrected chi connectivity index (χ4v) is 1.70. The first-order chi connectivity index (χ1) is 6.29. The highest BCUT2D eigenvalue weighted by atomic mass is 16.5. The van der Waals surface area contributed by atoms with E-state index in [9.17, 15) is 0 Å². The summed E-state index contributed by atoms with van der Waals surface area (Å²) in [5.41, 5.74) is 1.34. The quantitative estimate of drug-likeness (QED) is 0.678. The molecule has 1 aliphatic heterocycles. The third-order valence-electron chi connectivity index (χ3n) is 2.50. The summed E-state index contributed by atoms with van der Waals surface area (Å²) in [4.78, 5) is 6.39. The predicted octanol–water partition coefficient (Wildman–Crippen LogP) is 1.12. The molecule has 1 fully saturated rings. The molecular formula is C10H14N2O. The summed E-state index contributed by atoms with van der Waals surface area (Å²) in [5, 5.41) is 0. The maximum Gasteiger partial charge on any atom is 0.213 e. The summed E-state index contributed by atoms with van der Waals surface area (Å²) in [7, 11) is 3.79. The molecule has 1 aromatic rings. The van der Waals surface area contributed by atoms with E-state index in [-0.39, 0.29) is 0 Å². The van der Waals surface area contributed by atoms with Crippen molar-refractivity contribution < 1.29 is 4.74 Å². The SMILES string of the molecule is COc1cc(C2CN(C)C2)ccn1. The van der Waals surface area contributed by atoms with Crippen molar-refractivity contribution in [3.8, 4) is 5.88 Å². The second-order valence-electron chi connectivity index (χ2n) is 3.55. The molecule has 3 nitrogen and oxygen atoms in total. The Morgan fingerprint density at radius 2 is 2.31 bits per heavy atom. The maximum absolute atomic E-state index is 5.08. The van der Waals surface area contributed by atoms with Gasteiger partial charge in [0.1, 0.15) is 0 Å². The molecule has 0 amide bonds. The Morgan fingerprint density at radius 1 is 1.54 bits per heavy atom. The lowest BCUT2D eigenvalue weighted by Crippen LogP contribution is -2.41. The van der Waals surface area contributed by atoms with Gasteiger partial charge < -0.3 is 9.64 Å². The van der Waals surface area contributed by atoms with Gasteiger partial charge in [-0.25, -0.2) is 4.98 Å². The van der Waals surface area contributed by atoms with E-state index < -0.39 is 0 Å². The van der Waals surface area contributed by atoms with Gasteiger partial charge in [-0.2, -0.15) is 0 Å². The van der Waals surface area contributed by atoms with Crippen molar-refractivity contribution >= 4 is 0 Å². The normalized spacial score (nSPS) is 18.3. The first kappa shape index (κ1) is 8.51. The van der Waals surface area contributed by atoms with Gasteiger partial charge in [-0.05, 0) is 18.7 Å². The molecular weight excluding hydrogens is 164 g/mol. The van der Waals surface area contributed by atoms with Crippen LogP contribution in [0.25, 0.3) is 0 Å². The topological polar surface area (TPSA) is 25.4 Å². The molecule has 0 aromatic carbocycles. The van der Waals surface area contributed by atoms with E-state index in [2.05, 4.69) is 23.0 Å². The smallest absolute Gasteiger partial charge is 0.213 e. The minimum atomic E-state index is 0.668. The van der Waals surface area contributed by atoms with Gasteiger partial charge in [0.15, 0.2) is 0 Å². The molecule has 0 unspecified atom stereocenters. The van der Waals surface area contributed by atoms with Gasteiger partial charge in [0.25, 0.3) is 0 Å². The van der Waals surface area contributed by atoms with Crippen molar-refractivity contribution in [3.05, 3.63) is 23.9 Å². The second kappa shape index (κ2) is 3.34. The average Bonchev–Trinajstić information content (AvgIpc) is 2.13. The van der Waals surface area contributed by atoms with Crippen LogP contribution in [-0.4, -0.2) is 37.1 Å². The van der Waals surface area contributed by atoms with Crippen LogP contribution in [0.2, 0.25) is 0 Å². The molecule has 70 valence electrons. The van der Waals surface area contributed by atoms with Crippen LogP contribution < -0.4 is 4.74 Å². The largest absolute Gasteiger partial charge is 0.481 e. The summed E-state index contributed by atoms with van der Waals surface area (Å²) in [6.45, 7) is 2.29. The van der Waals surface area contributed by atoms with E-state index in [0.29, 0.717) is 11.8 Å². The van der Waals surface area contributed by atoms with Gasteiger partial charge in [0, 0.05) is 31.3 Å². The highest BCUT2D eigenvalue weighted by Gasteiger charge is 2.24. The van der Waals surface area contributed by atoms with Gasteiger partial charge in [-0.15, -0.1) is 0 Å². The van der Waals surface area contributed by atoms with Crippen LogP contribution in [0.1, 0.15) is 11.5 Å². The van der Waals surface area contributed by atoms with E-state index in [1.807, 2.05) is 12.3 Å². The predicted molar refractivity (Wildman–Crippen MR) is 51.0 cm³/mol. The molecule has 2 rings (SSSR count). The lowest BCUT2D eigenvalue weighted by atomic mass is 9.93. The summed E-state index contributed by atoms with van der Waals surface area (Å²) in [5.74, 6) is 1.38. The van der Waals surface area contributed by atoms with E-state index in [1.165, 1.54) is 5.56 Å². The van der Waals surface area contributed by atoms with Crippen molar-refractivity contribution in [2.75, 3.05) is 27.2 Å². The number of methoxy groups -OCH3 is 1. The molecule has 3 heteroatoms. The third-order valence-corrected chi connectivity index (χ3v) is 2.50. The fraction of sp³-hybridized carbons (Fsp3) is 0.500. The Labute approximate surface area is 78.3 Å². The van der Waals surface area contributed by atoms with E-state index in [4.69, 9.17) is 4.74 Å². The molecule has 0 aliphatic carbocycles. The Kier molecular flexibility index (Phi) is 2.19. The third kappa shape index (κ3) is 1.65. The van der Waals surface area contributed by atoms with Gasteiger partial charge in [-0.3, -0.25) is 0 Å². The van der Waals surface area contributed by atoms with Crippen LogP contribution >= 0.6 is 0 Å². The number of rotatable bonds is 2. The van der Waals surface area contributed by atoms with Crippen molar-refractivity contribution in [2.45, 2.75) is 5.92 Å². The summed E-state index contributed by atoms with van der Waals surface area (Å²) in [6.07, 6.45) is 1.81. The van der Waals surface area contributed by atoms with Crippen molar-refractivity contribution in [3.63, 3.8) is 0 Å². The number of likely N-dealkylation sites (tertiary alicyclic amines) is 1. The molecule has 0 spiro atoms. The van der Waals surface area contributed by atoms with Gasteiger partial charge in [0.05, 0.1) is 7.11 Å². The zero-order valence-corrected chi connectivity index (χ0v) is 8.03. The van der Waals surface area contributed by atoms with Gasteiger partial charge in [0.2, 0.25) is 5.88 Å². The number of ether oxygens (including phenoxy) is 1. The number of pyridine rings is 1. The first-order valence-electron chi connectivity index (χ1n) is 4.48. The fourth-order valence-electron chi connectivity index (χ4n) is 1.70. The number of hydrogen-bond donors (Lipinski definition) is 0.